The molecule has 3 rings (SSSR count). The maximum absolute atomic E-state index is 13.0. The summed E-state index contributed by atoms with van der Waals surface area (Å²) in [6.07, 6.45) is 0.250. The third-order valence-corrected chi connectivity index (χ3v) is 6.10. The summed E-state index contributed by atoms with van der Waals surface area (Å²) in [5, 5.41) is 2.92. The molecular formula is C23H24N2O3S. The second-order valence-corrected chi connectivity index (χ2v) is 8.53. The van der Waals surface area contributed by atoms with Gasteiger partial charge in [0.15, 0.2) is 0 Å². The molecule has 2 atom stereocenters. The molecule has 3 aromatic rings. The van der Waals surface area contributed by atoms with Gasteiger partial charge in [-0.15, -0.1) is 0 Å². The Kier molecular flexibility index (Phi) is 6.80. The lowest BCUT2D eigenvalue weighted by molar-refractivity contribution is -0.123. The van der Waals surface area contributed by atoms with Crippen molar-refractivity contribution < 1.29 is 13.2 Å². The zero-order chi connectivity index (χ0) is 20.7. The van der Waals surface area contributed by atoms with Crippen LogP contribution in [0.2, 0.25) is 0 Å². The van der Waals surface area contributed by atoms with Crippen molar-refractivity contribution in [1.29, 1.82) is 0 Å². The highest BCUT2D eigenvalue weighted by atomic mass is 32.2. The van der Waals surface area contributed by atoms with E-state index in [4.69, 9.17) is 0 Å². The van der Waals surface area contributed by atoms with E-state index in [1.807, 2.05) is 67.6 Å². The van der Waals surface area contributed by atoms with Crippen LogP contribution in [0.15, 0.2) is 95.9 Å². The van der Waals surface area contributed by atoms with E-state index in [1.165, 1.54) is 12.1 Å². The third kappa shape index (κ3) is 5.76. The summed E-state index contributed by atoms with van der Waals surface area (Å²) in [7, 11) is -3.84. The second kappa shape index (κ2) is 9.49. The van der Waals surface area contributed by atoms with Gasteiger partial charge in [0.05, 0.1) is 10.9 Å². The average molecular weight is 409 g/mol. The van der Waals surface area contributed by atoms with Gasteiger partial charge in [-0.1, -0.05) is 78.9 Å². The lowest BCUT2D eigenvalue weighted by Crippen LogP contribution is -2.48. The smallest absolute Gasteiger partial charge is 0.241 e. The molecule has 0 radical (unpaired) electrons. The van der Waals surface area contributed by atoms with Gasteiger partial charge in [0.1, 0.15) is 6.04 Å². The normalized spacial score (nSPS) is 13.4. The molecule has 0 fully saturated rings. The van der Waals surface area contributed by atoms with Gasteiger partial charge in [-0.25, -0.2) is 8.42 Å². The Bertz CT molecular complexity index is 1020. The predicted molar refractivity (Wildman–Crippen MR) is 114 cm³/mol. The van der Waals surface area contributed by atoms with Crippen LogP contribution in [0.3, 0.4) is 0 Å². The monoisotopic (exact) mass is 408 g/mol. The van der Waals surface area contributed by atoms with Gasteiger partial charge in [0.2, 0.25) is 15.9 Å². The van der Waals surface area contributed by atoms with Crippen molar-refractivity contribution in [3.63, 3.8) is 0 Å². The van der Waals surface area contributed by atoms with E-state index in [9.17, 15) is 13.2 Å². The lowest BCUT2D eigenvalue weighted by atomic mass is 10.0. The summed E-state index contributed by atoms with van der Waals surface area (Å²) in [5.41, 5.74) is 1.82. The van der Waals surface area contributed by atoms with E-state index >= 15 is 0 Å². The van der Waals surface area contributed by atoms with Crippen molar-refractivity contribution in [1.82, 2.24) is 10.0 Å². The molecule has 0 aliphatic carbocycles. The minimum Gasteiger partial charge on any atom is -0.348 e. The van der Waals surface area contributed by atoms with E-state index in [-0.39, 0.29) is 23.3 Å². The van der Waals surface area contributed by atoms with Gasteiger partial charge in [0.25, 0.3) is 0 Å². The Hall–Kier alpha value is -2.96. The Morgan fingerprint density at radius 2 is 1.34 bits per heavy atom. The molecule has 3 aromatic carbocycles. The van der Waals surface area contributed by atoms with E-state index in [0.29, 0.717) is 0 Å². The largest absolute Gasteiger partial charge is 0.348 e. The van der Waals surface area contributed by atoms with Crippen LogP contribution in [-0.2, 0) is 21.2 Å². The Labute approximate surface area is 171 Å². The lowest BCUT2D eigenvalue weighted by Gasteiger charge is -2.22. The number of benzene rings is 3. The minimum absolute atomic E-state index is 0.127. The topological polar surface area (TPSA) is 75.3 Å². The Balaban J connectivity index is 1.81. The number of carbonyl (C=O) groups excluding carboxylic acids is 1. The number of nitrogens with one attached hydrogen (secondary N) is 2. The number of hydrogen-bond acceptors (Lipinski definition) is 3. The Morgan fingerprint density at radius 1 is 0.828 bits per heavy atom. The molecule has 1 amide bonds. The SMILES string of the molecule is C[C@H](NC(=O)[C@H](Cc1ccccc1)NS(=O)(=O)c1ccccc1)c1ccccc1. The maximum atomic E-state index is 13.0. The second-order valence-electron chi connectivity index (χ2n) is 6.82. The summed E-state index contributed by atoms with van der Waals surface area (Å²) in [6.45, 7) is 1.87. The fourth-order valence-electron chi connectivity index (χ4n) is 3.03. The predicted octanol–water partition coefficient (Wildman–Crippen LogP) is 3.45. The van der Waals surface area contributed by atoms with Crippen molar-refractivity contribution >= 4 is 15.9 Å². The first-order valence-electron chi connectivity index (χ1n) is 9.42. The van der Waals surface area contributed by atoms with Gasteiger partial charge in [-0.2, -0.15) is 4.72 Å². The van der Waals surface area contributed by atoms with Crippen molar-refractivity contribution in [2.24, 2.45) is 0 Å². The van der Waals surface area contributed by atoms with Crippen molar-refractivity contribution in [3.05, 3.63) is 102 Å². The van der Waals surface area contributed by atoms with Gasteiger partial charge in [-0.3, -0.25) is 4.79 Å². The van der Waals surface area contributed by atoms with Gasteiger partial charge >= 0.3 is 0 Å². The molecule has 29 heavy (non-hydrogen) atoms. The Morgan fingerprint density at radius 3 is 1.93 bits per heavy atom. The number of carbonyl (C=O) groups is 1. The van der Waals surface area contributed by atoms with Crippen molar-refractivity contribution in [3.8, 4) is 0 Å². The van der Waals surface area contributed by atoms with E-state index in [0.717, 1.165) is 11.1 Å². The van der Waals surface area contributed by atoms with Crippen LogP contribution in [0.5, 0.6) is 0 Å². The zero-order valence-electron chi connectivity index (χ0n) is 16.2. The molecular weight excluding hydrogens is 384 g/mol. The molecule has 6 heteroatoms. The van der Waals surface area contributed by atoms with Crippen molar-refractivity contribution in [2.45, 2.75) is 30.3 Å². The fourth-order valence-corrected chi connectivity index (χ4v) is 4.25. The molecule has 5 nitrogen and oxygen atoms in total. The molecule has 0 saturated heterocycles. The number of hydrogen-bond donors (Lipinski definition) is 2. The molecule has 0 saturated carbocycles. The molecule has 0 aliphatic heterocycles. The van der Waals surface area contributed by atoms with Gasteiger partial charge in [0, 0.05) is 0 Å². The number of amides is 1. The third-order valence-electron chi connectivity index (χ3n) is 4.61. The molecule has 0 unspecified atom stereocenters. The highest BCUT2D eigenvalue weighted by molar-refractivity contribution is 7.89. The zero-order valence-corrected chi connectivity index (χ0v) is 17.0. The van der Waals surface area contributed by atoms with Crippen LogP contribution in [0.1, 0.15) is 24.1 Å². The molecule has 0 heterocycles. The maximum Gasteiger partial charge on any atom is 0.241 e. The summed E-state index contributed by atoms with van der Waals surface area (Å²) in [5.74, 6) is -0.371. The summed E-state index contributed by atoms with van der Waals surface area (Å²) in [6, 6.07) is 25.8. The van der Waals surface area contributed by atoms with Crippen molar-refractivity contribution in [2.75, 3.05) is 0 Å². The minimum atomic E-state index is -3.84. The van der Waals surface area contributed by atoms with Crippen LogP contribution < -0.4 is 10.0 Å². The van der Waals surface area contributed by atoms with Crippen LogP contribution >= 0.6 is 0 Å². The highest BCUT2D eigenvalue weighted by Crippen LogP contribution is 2.14. The molecule has 0 aromatic heterocycles. The summed E-state index contributed by atoms with van der Waals surface area (Å²) >= 11 is 0. The quantitative estimate of drug-likeness (QED) is 0.599. The van der Waals surface area contributed by atoms with Crippen LogP contribution in [0, 0.1) is 0 Å². The molecule has 2 N–H and O–H groups in total. The molecule has 150 valence electrons. The van der Waals surface area contributed by atoms with Gasteiger partial charge < -0.3 is 5.32 Å². The molecule has 0 aliphatic rings. The first kappa shape index (κ1) is 20.8. The summed E-state index contributed by atoms with van der Waals surface area (Å²) in [4.78, 5) is 13.1. The van der Waals surface area contributed by atoms with Crippen LogP contribution in [-0.4, -0.2) is 20.4 Å². The summed E-state index contributed by atoms with van der Waals surface area (Å²) < 4.78 is 28.2. The standard InChI is InChI=1S/C23H24N2O3S/c1-18(20-13-7-3-8-14-20)24-23(26)22(17-19-11-5-2-6-12-19)25-29(27,28)21-15-9-4-10-16-21/h2-16,18,22,25H,17H2,1H3,(H,24,26)/t18-,22-/m0/s1. The fraction of sp³-hybridized carbons (Fsp3) is 0.174. The van der Waals surface area contributed by atoms with E-state index < -0.39 is 16.1 Å². The first-order valence-corrected chi connectivity index (χ1v) is 10.9. The molecule has 0 bridgehead atoms. The average Bonchev–Trinajstić information content (AvgIpc) is 2.75. The van der Waals surface area contributed by atoms with Gasteiger partial charge in [-0.05, 0) is 36.6 Å². The number of sulfonamides is 1. The first-order chi connectivity index (χ1) is 14.0. The van der Waals surface area contributed by atoms with E-state index in [1.54, 1.807) is 18.2 Å². The van der Waals surface area contributed by atoms with Crippen LogP contribution in [0.25, 0.3) is 0 Å². The van der Waals surface area contributed by atoms with E-state index in [2.05, 4.69) is 10.0 Å². The van der Waals surface area contributed by atoms with Crippen LogP contribution in [0.4, 0.5) is 0 Å². The highest BCUT2D eigenvalue weighted by Gasteiger charge is 2.27. The number of rotatable bonds is 8. The molecule has 0 spiro atoms.